The van der Waals surface area contributed by atoms with Crippen LogP contribution in [0.2, 0.25) is 0 Å². The largest absolute Gasteiger partial charge is 0.346 e. The highest BCUT2D eigenvalue weighted by atomic mass is 19.1. The van der Waals surface area contributed by atoms with E-state index in [0.717, 1.165) is 11.3 Å². The van der Waals surface area contributed by atoms with Crippen LogP contribution >= 0.6 is 0 Å². The summed E-state index contributed by atoms with van der Waals surface area (Å²) in [5, 5.41) is 4.46. The topological polar surface area (TPSA) is 115 Å². The number of aromatic nitrogens is 3. The molecule has 2 aromatic rings. The zero-order valence-corrected chi connectivity index (χ0v) is 21.4. The van der Waals surface area contributed by atoms with Crippen LogP contribution in [-0.2, 0) is 32.4 Å². The zero-order valence-electron chi connectivity index (χ0n) is 21.4. The highest BCUT2D eigenvalue weighted by molar-refractivity contribution is 5.97. The molecule has 0 aromatic carbocycles. The van der Waals surface area contributed by atoms with Crippen molar-refractivity contribution in [3.8, 4) is 0 Å². The molecule has 0 saturated heterocycles. The van der Waals surface area contributed by atoms with Crippen LogP contribution in [0.3, 0.4) is 0 Å². The Labute approximate surface area is 215 Å². The Hall–Kier alpha value is -3.31. The van der Waals surface area contributed by atoms with E-state index in [-0.39, 0.29) is 44.0 Å². The lowest BCUT2D eigenvalue weighted by atomic mass is 9.97. The van der Waals surface area contributed by atoms with Crippen molar-refractivity contribution in [2.45, 2.75) is 52.2 Å². The third kappa shape index (κ3) is 5.24. The van der Waals surface area contributed by atoms with Gasteiger partial charge in [-0.2, -0.15) is 5.10 Å². The molecule has 9 nitrogen and oxygen atoms in total. The van der Waals surface area contributed by atoms with Crippen molar-refractivity contribution >= 4 is 11.8 Å². The summed E-state index contributed by atoms with van der Waals surface area (Å²) in [6.07, 6.45) is 6.25. The first kappa shape index (κ1) is 26.7. The number of hydrogen-bond donors (Lipinski definition) is 2. The number of amides is 2. The van der Waals surface area contributed by atoms with Crippen LogP contribution in [0.1, 0.15) is 51.5 Å². The third-order valence-electron chi connectivity index (χ3n) is 7.35. The second-order valence-electron chi connectivity index (χ2n) is 9.66. The summed E-state index contributed by atoms with van der Waals surface area (Å²) in [6.45, 7) is 6.26. The van der Waals surface area contributed by atoms with Gasteiger partial charge in [-0.15, -0.1) is 0 Å². The van der Waals surface area contributed by atoms with Crippen molar-refractivity contribution < 1.29 is 18.4 Å². The lowest BCUT2D eigenvalue weighted by Crippen LogP contribution is -2.44. The first-order chi connectivity index (χ1) is 17.8. The van der Waals surface area contributed by atoms with Crippen molar-refractivity contribution in [1.82, 2.24) is 24.1 Å². The molecule has 0 bridgehead atoms. The van der Waals surface area contributed by atoms with Crippen LogP contribution < -0.4 is 11.5 Å². The van der Waals surface area contributed by atoms with E-state index in [4.69, 9.17) is 11.5 Å². The molecule has 2 aromatic heterocycles. The molecule has 2 amide bonds. The maximum absolute atomic E-state index is 13.4. The van der Waals surface area contributed by atoms with E-state index < -0.39 is 0 Å². The molecular weight excluding hydrogens is 480 g/mol. The van der Waals surface area contributed by atoms with Gasteiger partial charge in [0, 0.05) is 76.2 Å². The molecule has 1 atom stereocenters. The molecule has 4 rings (SSSR count). The van der Waals surface area contributed by atoms with Gasteiger partial charge in [0.1, 0.15) is 0 Å². The second-order valence-corrected chi connectivity index (χ2v) is 9.66. The first-order valence-corrected chi connectivity index (χ1v) is 12.7. The number of rotatable bonds is 10. The smallest absolute Gasteiger partial charge is 0.257 e. The number of nitrogens with zero attached hydrogens (tertiary/aromatic N) is 5. The summed E-state index contributed by atoms with van der Waals surface area (Å²) >= 11 is 0. The average Bonchev–Trinajstić information content (AvgIpc) is 3.48. The Morgan fingerprint density at radius 3 is 2.38 bits per heavy atom. The molecule has 2 aliphatic rings. The quantitative estimate of drug-likeness (QED) is 0.502. The number of fused-ring (bicyclic) bond motifs is 2. The fraction of sp³-hybridized carbons (Fsp3) is 0.500. The molecular formula is C26H35F2N7O2. The third-order valence-corrected chi connectivity index (χ3v) is 7.35. The number of carbonyl (C=O) groups is 2. The van der Waals surface area contributed by atoms with E-state index in [2.05, 4.69) is 5.10 Å². The van der Waals surface area contributed by atoms with Crippen LogP contribution in [-0.4, -0.2) is 74.7 Å². The van der Waals surface area contributed by atoms with Crippen LogP contribution in [0.25, 0.3) is 0 Å². The van der Waals surface area contributed by atoms with Gasteiger partial charge in [0.05, 0.1) is 36.0 Å². The van der Waals surface area contributed by atoms with Crippen molar-refractivity contribution in [2.24, 2.45) is 11.5 Å². The summed E-state index contributed by atoms with van der Waals surface area (Å²) in [6, 6.07) is -0.179. The summed E-state index contributed by atoms with van der Waals surface area (Å²) in [7, 11) is 0. The maximum Gasteiger partial charge on any atom is 0.257 e. The Balaban J connectivity index is 1.59. The van der Waals surface area contributed by atoms with Crippen LogP contribution in [0.15, 0.2) is 36.2 Å². The van der Waals surface area contributed by atoms with Crippen molar-refractivity contribution in [3.63, 3.8) is 0 Å². The molecule has 1 unspecified atom stereocenters. The zero-order chi connectivity index (χ0) is 26.7. The lowest BCUT2D eigenvalue weighted by Gasteiger charge is -2.33. The normalized spacial score (nSPS) is 17.4. The Morgan fingerprint density at radius 2 is 1.73 bits per heavy atom. The van der Waals surface area contributed by atoms with Crippen LogP contribution in [0.5, 0.6) is 0 Å². The Kier molecular flexibility index (Phi) is 8.23. The Bertz CT molecular complexity index is 1230. The molecule has 0 saturated carbocycles. The predicted molar refractivity (Wildman–Crippen MR) is 136 cm³/mol. The SMILES string of the molecule is CCN1CCc2c(cn(C/C(=C/F)CN)c2CC(C)N2CCc3nn(C/C(=C/F)CN)cc3C2=O)C1=O. The monoisotopic (exact) mass is 515 g/mol. The van der Waals surface area contributed by atoms with Gasteiger partial charge in [0.2, 0.25) is 0 Å². The number of halogens is 2. The van der Waals surface area contributed by atoms with Gasteiger partial charge in [-0.05, 0) is 37.0 Å². The van der Waals surface area contributed by atoms with E-state index in [0.29, 0.717) is 79.5 Å². The van der Waals surface area contributed by atoms with Crippen LogP contribution in [0.4, 0.5) is 8.78 Å². The minimum absolute atomic E-state index is 0.0276. The number of carbonyl (C=O) groups excluding carboxylic acids is 2. The molecule has 0 spiro atoms. The molecule has 0 aliphatic carbocycles. The molecule has 4 heterocycles. The number of nitrogens with two attached hydrogens (primary N) is 2. The van der Waals surface area contributed by atoms with E-state index in [1.54, 1.807) is 22.0 Å². The highest BCUT2D eigenvalue weighted by Gasteiger charge is 2.33. The van der Waals surface area contributed by atoms with E-state index >= 15 is 0 Å². The minimum atomic E-state index is -0.179. The van der Waals surface area contributed by atoms with Gasteiger partial charge in [0.15, 0.2) is 0 Å². The number of likely N-dealkylation sites (N-methyl/N-ethyl adjacent to an activating group) is 1. The summed E-state index contributed by atoms with van der Waals surface area (Å²) in [4.78, 5) is 30.1. The first-order valence-electron chi connectivity index (χ1n) is 12.7. The summed E-state index contributed by atoms with van der Waals surface area (Å²) in [5.74, 6) is -0.162. The summed E-state index contributed by atoms with van der Waals surface area (Å²) < 4.78 is 29.8. The molecule has 2 aliphatic heterocycles. The maximum atomic E-state index is 13.4. The van der Waals surface area contributed by atoms with Gasteiger partial charge in [-0.25, -0.2) is 8.78 Å². The minimum Gasteiger partial charge on any atom is -0.346 e. The van der Waals surface area contributed by atoms with E-state index in [1.165, 1.54) is 0 Å². The van der Waals surface area contributed by atoms with Crippen LogP contribution in [0, 0.1) is 0 Å². The standard InChI is InChI=1S/C26H35F2N7O2/c1-3-32-6-4-20-21(25(32)36)15-33(13-18(9-27)11-29)24(20)8-17(2)35-7-5-23-22(26(35)37)16-34(31-23)14-19(10-28)12-30/h9-10,15-17H,3-8,11-14,29-30H2,1-2H3/b18-9+,19-10+. The molecule has 0 radical (unpaired) electrons. The van der Waals surface area contributed by atoms with Gasteiger partial charge in [-0.1, -0.05) is 0 Å². The highest BCUT2D eigenvalue weighted by Crippen LogP contribution is 2.29. The molecule has 4 N–H and O–H groups in total. The van der Waals surface area contributed by atoms with Gasteiger partial charge < -0.3 is 25.8 Å². The van der Waals surface area contributed by atoms with E-state index in [1.807, 2.05) is 23.3 Å². The fourth-order valence-corrected chi connectivity index (χ4v) is 5.22. The van der Waals surface area contributed by atoms with Crippen molar-refractivity contribution in [3.05, 3.63) is 64.3 Å². The van der Waals surface area contributed by atoms with Crippen molar-refractivity contribution in [1.29, 1.82) is 0 Å². The molecule has 37 heavy (non-hydrogen) atoms. The molecule has 11 heteroatoms. The van der Waals surface area contributed by atoms with Gasteiger partial charge in [0.25, 0.3) is 11.8 Å². The predicted octanol–water partition coefficient (Wildman–Crippen LogP) is 1.96. The Morgan fingerprint density at radius 1 is 1.03 bits per heavy atom. The van der Waals surface area contributed by atoms with Crippen molar-refractivity contribution in [2.75, 3.05) is 32.7 Å². The lowest BCUT2D eigenvalue weighted by molar-refractivity contribution is 0.0669. The van der Waals surface area contributed by atoms with Gasteiger partial charge >= 0.3 is 0 Å². The fourth-order valence-electron chi connectivity index (χ4n) is 5.22. The molecule has 0 fully saturated rings. The van der Waals surface area contributed by atoms with E-state index in [9.17, 15) is 18.4 Å². The summed E-state index contributed by atoms with van der Waals surface area (Å²) in [5.41, 5.74) is 15.8. The van der Waals surface area contributed by atoms with Gasteiger partial charge in [-0.3, -0.25) is 14.3 Å². The second kappa shape index (κ2) is 11.4. The molecule has 200 valence electrons. The number of hydrogen-bond acceptors (Lipinski definition) is 5. The average molecular weight is 516 g/mol.